The molecule has 21 heavy (non-hydrogen) atoms. The third-order valence-corrected chi connectivity index (χ3v) is 4.57. The molecule has 1 N–H and O–H groups in total. The summed E-state index contributed by atoms with van der Waals surface area (Å²) in [6.45, 7) is 0. The Hall–Kier alpha value is -1.83. The summed E-state index contributed by atoms with van der Waals surface area (Å²) in [4.78, 5) is 12.2. The molecule has 0 bridgehead atoms. The summed E-state index contributed by atoms with van der Waals surface area (Å²) in [6.07, 6.45) is 8.36. The maximum atomic E-state index is 12.2. The van der Waals surface area contributed by atoms with Crippen LogP contribution in [0.3, 0.4) is 0 Å². The average Bonchev–Trinajstić information content (AvgIpc) is 2.54. The van der Waals surface area contributed by atoms with E-state index < -0.39 is 0 Å². The van der Waals surface area contributed by atoms with Crippen molar-refractivity contribution in [2.45, 2.75) is 44.9 Å². The second-order valence-electron chi connectivity index (χ2n) is 6.12. The van der Waals surface area contributed by atoms with E-state index in [-0.39, 0.29) is 5.91 Å². The summed E-state index contributed by atoms with van der Waals surface area (Å²) in [5.41, 5.74) is 0.932. The highest BCUT2D eigenvalue weighted by Gasteiger charge is 2.15. The predicted molar refractivity (Wildman–Crippen MR) is 88.4 cm³/mol. The van der Waals surface area contributed by atoms with Gasteiger partial charge in [-0.15, -0.1) is 0 Å². The molecule has 0 saturated heterocycles. The third-order valence-electron chi connectivity index (χ3n) is 4.57. The molecule has 2 nitrogen and oxygen atoms in total. The minimum atomic E-state index is 0.150. The number of carbonyl (C=O) groups excluding carboxylic acids is 1. The highest BCUT2D eigenvalue weighted by Crippen LogP contribution is 2.28. The molecule has 0 radical (unpaired) electrons. The maximum Gasteiger partial charge on any atom is 0.224 e. The van der Waals surface area contributed by atoms with Crippen molar-refractivity contribution < 1.29 is 4.79 Å². The van der Waals surface area contributed by atoms with Gasteiger partial charge in [-0.2, -0.15) is 0 Å². The molecule has 2 aromatic rings. The van der Waals surface area contributed by atoms with Crippen molar-refractivity contribution in [1.29, 1.82) is 0 Å². The molecule has 2 heteroatoms. The average molecular weight is 281 g/mol. The number of fused-ring (bicyclic) bond motifs is 1. The van der Waals surface area contributed by atoms with Crippen LogP contribution in [-0.4, -0.2) is 5.91 Å². The van der Waals surface area contributed by atoms with Gasteiger partial charge in [-0.1, -0.05) is 68.5 Å². The molecular formula is C19H23NO. The van der Waals surface area contributed by atoms with Crippen molar-refractivity contribution >= 4 is 22.4 Å². The Kier molecular flexibility index (Phi) is 4.54. The topological polar surface area (TPSA) is 29.1 Å². The summed E-state index contributed by atoms with van der Waals surface area (Å²) in [6, 6.07) is 14.2. The number of hydrogen-bond acceptors (Lipinski definition) is 1. The van der Waals surface area contributed by atoms with Crippen molar-refractivity contribution in [3.8, 4) is 0 Å². The molecule has 1 amide bonds. The summed E-state index contributed by atoms with van der Waals surface area (Å²) >= 11 is 0. The van der Waals surface area contributed by atoms with E-state index in [2.05, 4.69) is 23.5 Å². The normalized spacial score (nSPS) is 16.0. The first-order valence-corrected chi connectivity index (χ1v) is 8.10. The first-order chi connectivity index (χ1) is 10.3. The van der Waals surface area contributed by atoms with Gasteiger partial charge in [0.1, 0.15) is 0 Å². The van der Waals surface area contributed by atoms with E-state index in [1.54, 1.807) is 0 Å². The van der Waals surface area contributed by atoms with Crippen molar-refractivity contribution in [2.75, 3.05) is 5.32 Å². The van der Waals surface area contributed by atoms with E-state index in [0.29, 0.717) is 6.42 Å². The second kappa shape index (κ2) is 6.75. The minimum absolute atomic E-state index is 0.150. The zero-order chi connectivity index (χ0) is 14.5. The minimum Gasteiger partial charge on any atom is -0.326 e. The van der Waals surface area contributed by atoms with Crippen LogP contribution in [0.15, 0.2) is 42.5 Å². The third kappa shape index (κ3) is 3.63. The fourth-order valence-corrected chi connectivity index (χ4v) is 3.36. The standard InChI is InChI=1S/C19H23NO/c21-19(14-13-15-7-2-1-3-8-15)20-18-12-6-10-16-9-4-5-11-17(16)18/h4-6,9-12,15H,1-3,7-8,13-14H2,(H,20,21). The van der Waals surface area contributed by atoms with Gasteiger partial charge in [-0.3, -0.25) is 4.79 Å². The van der Waals surface area contributed by atoms with E-state index >= 15 is 0 Å². The summed E-state index contributed by atoms with van der Waals surface area (Å²) in [5, 5.41) is 5.37. The molecule has 1 fully saturated rings. The van der Waals surface area contributed by atoms with Crippen LogP contribution in [0.2, 0.25) is 0 Å². The number of rotatable bonds is 4. The van der Waals surface area contributed by atoms with Gasteiger partial charge in [0.2, 0.25) is 5.91 Å². The molecule has 0 heterocycles. The molecule has 0 unspecified atom stereocenters. The number of carbonyl (C=O) groups is 1. The van der Waals surface area contributed by atoms with Gasteiger partial charge < -0.3 is 5.32 Å². The summed E-state index contributed by atoms with van der Waals surface area (Å²) < 4.78 is 0. The summed E-state index contributed by atoms with van der Waals surface area (Å²) in [7, 11) is 0. The molecule has 0 aromatic heterocycles. The van der Waals surface area contributed by atoms with E-state index in [9.17, 15) is 4.79 Å². The Morgan fingerprint density at radius 3 is 2.62 bits per heavy atom. The SMILES string of the molecule is O=C(CCC1CCCCC1)Nc1cccc2ccccc12. The monoisotopic (exact) mass is 281 g/mol. The Balaban J connectivity index is 1.61. The molecule has 1 aliphatic carbocycles. The lowest BCUT2D eigenvalue weighted by molar-refractivity contribution is -0.116. The predicted octanol–water partition coefficient (Wildman–Crippen LogP) is 5.14. The van der Waals surface area contributed by atoms with Crippen LogP contribution >= 0.6 is 0 Å². The lowest BCUT2D eigenvalue weighted by Crippen LogP contribution is -2.15. The van der Waals surface area contributed by atoms with Crippen molar-refractivity contribution in [1.82, 2.24) is 0 Å². The van der Waals surface area contributed by atoms with Crippen molar-refractivity contribution in [3.05, 3.63) is 42.5 Å². The Morgan fingerprint density at radius 2 is 1.76 bits per heavy atom. The first kappa shape index (κ1) is 14.1. The molecule has 2 aromatic carbocycles. The summed E-state index contributed by atoms with van der Waals surface area (Å²) in [5.74, 6) is 0.911. The quantitative estimate of drug-likeness (QED) is 0.826. The molecule has 1 aliphatic rings. The molecule has 0 aliphatic heterocycles. The zero-order valence-corrected chi connectivity index (χ0v) is 12.5. The lowest BCUT2D eigenvalue weighted by atomic mass is 9.86. The molecule has 0 atom stereocenters. The van der Waals surface area contributed by atoms with Gasteiger partial charge >= 0.3 is 0 Å². The number of anilines is 1. The highest BCUT2D eigenvalue weighted by atomic mass is 16.1. The fraction of sp³-hybridized carbons (Fsp3) is 0.421. The van der Waals surface area contributed by atoms with Crippen LogP contribution in [0, 0.1) is 5.92 Å². The van der Waals surface area contributed by atoms with Gasteiger partial charge in [-0.25, -0.2) is 0 Å². The Morgan fingerprint density at radius 1 is 1.00 bits per heavy atom. The lowest BCUT2D eigenvalue weighted by Gasteiger charge is -2.21. The van der Waals surface area contributed by atoms with E-state index in [1.807, 2.05) is 24.3 Å². The van der Waals surface area contributed by atoms with Crippen LogP contribution in [0.4, 0.5) is 5.69 Å². The number of benzene rings is 2. The van der Waals surface area contributed by atoms with E-state index in [0.717, 1.165) is 23.4 Å². The van der Waals surface area contributed by atoms with Gasteiger partial charge in [0.05, 0.1) is 0 Å². The van der Waals surface area contributed by atoms with Gasteiger partial charge in [-0.05, 0) is 23.8 Å². The van der Waals surface area contributed by atoms with Crippen LogP contribution in [-0.2, 0) is 4.79 Å². The molecule has 1 saturated carbocycles. The van der Waals surface area contributed by atoms with Crippen LogP contribution in [0.25, 0.3) is 10.8 Å². The van der Waals surface area contributed by atoms with Gasteiger partial charge in [0.25, 0.3) is 0 Å². The zero-order valence-electron chi connectivity index (χ0n) is 12.5. The first-order valence-electron chi connectivity index (χ1n) is 8.10. The highest BCUT2D eigenvalue weighted by molar-refractivity contribution is 6.02. The molecular weight excluding hydrogens is 258 g/mol. The maximum absolute atomic E-state index is 12.2. The van der Waals surface area contributed by atoms with E-state index in [1.165, 1.54) is 37.5 Å². The van der Waals surface area contributed by atoms with Crippen LogP contribution in [0.1, 0.15) is 44.9 Å². The van der Waals surface area contributed by atoms with Crippen LogP contribution < -0.4 is 5.32 Å². The number of hydrogen-bond donors (Lipinski definition) is 1. The largest absolute Gasteiger partial charge is 0.326 e. The van der Waals surface area contributed by atoms with Gasteiger partial charge in [0, 0.05) is 17.5 Å². The van der Waals surface area contributed by atoms with Crippen molar-refractivity contribution in [2.24, 2.45) is 5.92 Å². The van der Waals surface area contributed by atoms with Crippen LogP contribution in [0.5, 0.6) is 0 Å². The van der Waals surface area contributed by atoms with E-state index in [4.69, 9.17) is 0 Å². The molecule has 110 valence electrons. The fourth-order valence-electron chi connectivity index (χ4n) is 3.36. The molecule has 0 spiro atoms. The second-order valence-corrected chi connectivity index (χ2v) is 6.12. The Labute approximate surface area is 126 Å². The number of nitrogens with one attached hydrogen (secondary N) is 1. The smallest absolute Gasteiger partial charge is 0.224 e. The van der Waals surface area contributed by atoms with Gasteiger partial charge in [0.15, 0.2) is 0 Å². The van der Waals surface area contributed by atoms with Crippen molar-refractivity contribution in [3.63, 3.8) is 0 Å². The Bertz CT molecular complexity index is 608. The molecule has 3 rings (SSSR count). The number of amides is 1.